The van der Waals surface area contributed by atoms with Crippen LogP contribution in [-0.4, -0.2) is 36.6 Å². The van der Waals surface area contributed by atoms with Gasteiger partial charge in [0.05, 0.1) is 4.91 Å². The van der Waals surface area contributed by atoms with Crippen molar-refractivity contribution in [3.63, 3.8) is 0 Å². The second-order valence-corrected chi connectivity index (χ2v) is 7.75. The van der Waals surface area contributed by atoms with Crippen LogP contribution in [0.4, 0.5) is 5.69 Å². The second kappa shape index (κ2) is 7.00. The van der Waals surface area contributed by atoms with Crippen molar-refractivity contribution in [2.24, 2.45) is 4.99 Å². The zero-order chi connectivity index (χ0) is 18.1. The van der Waals surface area contributed by atoms with Gasteiger partial charge in [0.25, 0.3) is 5.91 Å². The van der Waals surface area contributed by atoms with Crippen molar-refractivity contribution in [1.29, 1.82) is 0 Å². The maximum atomic E-state index is 12.3. The molecule has 2 aromatic carbocycles. The molecule has 0 atom stereocenters. The summed E-state index contributed by atoms with van der Waals surface area (Å²) in [7, 11) is 4.03. The van der Waals surface area contributed by atoms with Gasteiger partial charge in [0.2, 0.25) is 0 Å². The molecule has 0 aromatic heterocycles. The van der Waals surface area contributed by atoms with E-state index in [2.05, 4.69) is 51.2 Å². The molecule has 0 fully saturated rings. The summed E-state index contributed by atoms with van der Waals surface area (Å²) < 4.78 is 0. The lowest BCUT2D eigenvalue weighted by Gasteiger charge is -2.29. The van der Waals surface area contributed by atoms with Gasteiger partial charge in [0.15, 0.2) is 5.17 Å². The third-order valence-corrected chi connectivity index (χ3v) is 5.76. The highest BCUT2D eigenvalue weighted by molar-refractivity contribution is 8.18. The van der Waals surface area contributed by atoms with Gasteiger partial charge in [0.1, 0.15) is 0 Å². The van der Waals surface area contributed by atoms with Crippen molar-refractivity contribution in [3.05, 3.63) is 70.1 Å². The molecule has 0 N–H and O–H groups in total. The van der Waals surface area contributed by atoms with Gasteiger partial charge in [-0.1, -0.05) is 36.4 Å². The second-order valence-electron chi connectivity index (χ2n) is 6.74. The number of anilines is 1. The lowest BCUT2D eigenvalue weighted by atomic mass is 10.0. The molecule has 5 heteroatoms. The molecule has 26 heavy (non-hydrogen) atoms. The number of carbonyl (C=O) groups is 1. The molecule has 0 bridgehead atoms. The molecule has 2 aromatic rings. The van der Waals surface area contributed by atoms with Gasteiger partial charge in [-0.15, -0.1) is 0 Å². The van der Waals surface area contributed by atoms with E-state index in [0.29, 0.717) is 4.91 Å². The normalized spacial score (nSPS) is 18.1. The molecule has 4 rings (SSSR count). The van der Waals surface area contributed by atoms with Gasteiger partial charge < -0.3 is 9.80 Å². The number of fused-ring (bicyclic) bond motifs is 1. The number of rotatable bonds is 2. The van der Waals surface area contributed by atoms with Gasteiger partial charge in [-0.25, -0.2) is 0 Å². The zero-order valence-electron chi connectivity index (χ0n) is 15.0. The van der Waals surface area contributed by atoms with Crippen molar-refractivity contribution in [3.8, 4) is 0 Å². The van der Waals surface area contributed by atoms with Crippen LogP contribution in [-0.2, 0) is 17.8 Å². The number of carbonyl (C=O) groups excluding carboxylic acids is 1. The SMILES string of the molecule is CN(C)c1ccc(/C=C2/SC(N3CCc4ccccc4C3)=NC2=O)cc1. The summed E-state index contributed by atoms with van der Waals surface area (Å²) in [6, 6.07) is 16.7. The van der Waals surface area contributed by atoms with Crippen LogP contribution in [0.3, 0.4) is 0 Å². The van der Waals surface area contributed by atoms with Gasteiger partial charge in [-0.3, -0.25) is 4.79 Å². The molecule has 2 heterocycles. The third kappa shape index (κ3) is 3.40. The molecule has 0 saturated carbocycles. The lowest BCUT2D eigenvalue weighted by molar-refractivity contribution is -0.113. The van der Waals surface area contributed by atoms with Crippen LogP contribution >= 0.6 is 11.8 Å². The standard InChI is InChI=1S/C21H21N3OS/c1-23(2)18-9-7-15(8-10-18)13-19-20(25)22-21(26-19)24-12-11-16-5-3-4-6-17(16)14-24/h3-10,13H,11-12,14H2,1-2H3/b19-13+. The highest BCUT2D eigenvalue weighted by Gasteiger charge is 2.28. The van der Waals surface area contributed by atoms with E-state index in [0.717, 1.165) is 35.9 Å². The molecular formula is C21H21N3OS. The van der Waals surface area contributed by atoms with Crippen molar-refractivity contribution in [1.82, 2.24) is 4.90 Å². The van der Waals surface area contributed by atoms with Crippen LogP contribution in [0.5, 0.6) is 0 Å². The van der Waals surface area contributed by atoms with Crippen molar-refractivity contribution in [2.45, 2.75) is 13.0 Å². The fourth-order valence-corrected chi connectivity index (χ4v) is 4.15. The Balaban J connectivity index is 1.49. The summed E-state index contributed by atoms with van der Waals surface area (Å²) in [5.74, 6) is -0.138. The van der Waals surface area contributed by atoms with Gasteiger partial charge in [-0.2, -0.15) is 4.99 Å². The summed E-state index contributed by atoms with van der Waals surface area (Å²) in [6.45, 7) is 1.72. The van der Waals surface area contributed by atoms with E-state index >= 15 is 0 Å². The molecular weight excluding hydrogens is 342 g/mol. The first-order valence-electron chi connectivity index (χ1n) is 8.72. The lowest BCUT2D eigenvalue weighted by Crippen LogP contribution is -2.33. The number of hydrogen-bond acceptors (Lipinski definition) is 4. The smallest absolute Gasteiger partial charge is 0.286 e. The fraction of sp³-hybridized carbons (Fsp3) is 0.238. The number of hydrogen-bond donors (Lipinski definition) is 0. The van der Waals surface area contributed by atoms with Gasteiger partial charge in [0, 0.05) is 32.9 Å². The molecule has 0 aliphatic carbocycles. The Morgan fingerprint density at radius 1 is 1.08 bits per heavy atom. The van der Waals surface area contributed by atoms with E-state index < -0.39 is 0 Å². The molecule has 0 spiro atoms. The van der Waals surface area contributed by atoms with E-state index in [9.17, 15) is 4.79 Å². The molecule has 2 aliphatic rings. The van der Waals surface area contributed by atoms with Crippen LogP contribution in [0.1, 0.15) is 16.7 Å². The topological polar surface area (TPSA) is 35.9 Å². The molecule has 0 saturated heterocycles. The Morgan fingerprint density at radius 2 is 1.81 bits per heavy atom. The highest BCUT2D eigenvalue weighted by Crippen LogP contribution is 2.32. The number of nitrogens with zero attached hydrogens (tertiary/aromatic N) is 3. The van der Waals surface area contributed by atoms with Gasteiger partial charge >= 0.3 is 0 Å². The van der Waals surface area contributed by atoms with Crippen LogP contribution in [0, 0.1) is 0 Å². The maximum absolute atomic E-state index is 12.3. The maximum Gasteiger partial charge on any atom is 0.286 e. The predicted molar refractivity (Wildman–Crippen MR) is 109 cm³/mol. The zero-order valence-corrected chi connectivity index (χ0v) is 15.8. The van der Waals surface area contributed by atoms with Crippen molar-refractivity contribution in [2.75, 3.05) is 25.5 Å². The van der Waals surface area contributed by atoms with Crippen LogP contribution < -0.4 is 4.90 Å². The first kappa shape index (κ1) is 16.9. The molecule has 0 radical (unpaired) electrons. The Bertz CT molecular complexity index is 900. The fourth-order valence-electron chi connectivity index (χ4n) is 3.21. The first-order valence-corrected chi connectivity index (χ1v) is 9.53. The van der Waals surface area contributed by atoms with E-state index in [1.807, 2.05) is 32.3 Å². The Kier molecular flexibility index (Phi) is 4.55. The average molecular weight is 363 g/mol. The summed E-state index contributed by atoms with van der Waals surface area (Å²) in [6.07, 6.45) is 2.93. The number of amides is 1. The summed E-state index contributed by atoms with van der Waals surface area (Å²) >= 11 is 1.48. The summed E-state index contributed by atoms with van der Waals surface area (Å²) in [5.41, 5.74) is 4.88. The van der Waals surface area contributed by atoms with Crippen molar-refractivity contribution < 1.29 is 4.79 Å². The minimum Gasteiger partial charge on any atom is -0.378 e. The third-order valence-electron chi connectivity index (χ3n) is 4.72. The van der Waals surface area contributed by atoms with Crippen LogP contribution in [0.15, 0.2) is 58.4 Å². The number of aliphatic imine (C=N–C) groups is 1. The molecule has 0 unspecified atom stereocenters. The number of thioether (sulfide) groups is 1. The summed E-state index contributed by atoms with van der Waals surface area (Å²) in [4.78, 5) is 21.6. The minimum atomic E-state index is -0.138. The predicted octanol–water partition coefficient (Wildman–Crippen LogP) is 3.78. The highest BCUT2D eigenvalue weighted by atomic mass is 32.2. The van der Waals surface area contributed by atoms with E-state index in [4.69, 9.17) is 0 Å². The molecule has 2 aliphatic heterocycles. The first-order chi connectivity index (χ1) is 12.6. The quantitative estimate of drug-likeness (QED) is 0.761. The van der Waals surface area contributed by atoms with E-state index in [-0.39, 0.29) is 5.91 Å². The largest absolute Gasteiger partial charge is 0.378 e. The molecule has 4 nitrogen and oxygen atoms in total. The van der Waals surface area contributed by atoms with Crippen LogP contribution in [0.2, 0.25) is 0 Å². The number of benzene rings is 2. The Hall–Kier alpha value is -2.53. The minimum absolute atomic E-state index is 0.138. The van der Waals surface area contributed by atoms with Crippen molar-refractivity contribution >= 4 is 34.6 Å². The van der Waals surface area contributed by atoms with E-state index in [1.165, 1.54) is 22.9 Å². The van der Waals surface area contributed by atoms with Crippen LogP contribution in [0.25, 0.3) is 6.08 Å². The molecule has 132 valence electrons. The Labute approximate surface area is 158 Å². The van der Waals surface area contributed by atoms with E-state index in [1.54, 1.807) is 0 Å². The van der Waals surface area contributed by atoms with Gasteiger partial charge in [-0.05, 0) is 53.1 Å². The Morgan fingerprint density at radius 3 is 2.54 bits per heavy atom. The monoisotopic (exact) mass is 363 g/mol. The average Bonchev–Trinajstić information content (AvgIpc) is 3.02. The summed E-state index contributed by atoms with van der Waals surface area (Å²) in [5, 5.41) is 0.820. The number of amidine groups is 1. The molecule has 1 amide bonds.